The second-order valence-electron chi connectivity index (χ2n) is 3.69. The van der Waals surface area contributed by atoms with Gasteiger partial charge in [-0.05, 0) is 12.1 Å². The summed E-state index contributed by atoms with van der Waals surface area (Å²) in [5.41, 5.74) is 0.0245. The van der Waals surface area contributed by atoms with E-state index >= 15 is 0 Å². The smallest absolute Gasteiger partial charge is 0.261 e. The molecular formula is C9H8ClNO2S. The minimum Gasteiger partial charge on any atom is -0.367 e. The standard InChI is InChI=1S/C9H8ClNO2S/c10-7-2-1-5(14-7)8(12)11-6-3-9(6)4-13-9/h1-2,6H,3-4H2,(H,11,12). The molecule has 1 saturated carbocycles. The predicted octanol–water partition coefficient (Wildman–Crippen LogP) is 1.67. The summed E-state index contributed by atoms with van der Waals surface area (Å²) in [6, 6.07) is 3.69. The van der Waals surface area contributed by atoms with Crippen molar-refractivity contribution >= 4 is 28.8 Å². The zero-order valence-corrected chi connectivity index (χ0v) is 8.82. The number of halogens is 1. The summed E-state index contributed by atoms with van der Waals surface area (Å²) in [6.07, 6.45) is 0.956. The SMILES string of the molecule is O=C(NC1CC12CO2)c1ccc(Cl)s1. The van der Waals surface area contributed by atoms with Crippen molar-refractivity contribution in [2.24, 2.45) is 0 Å². The molecule has 2 fully saturated rings. The van der Waals surface area contributed by atoms with E-state index < -0.39 is 0 Å². The van der Waals surface area contributed by atoms with Crippen molar-refractivity contribution in [1.82, 2.24) is 5.32 Å². The van der Waals surface area contributed by atoms with Crippen LogP contribution in [-0.2, 0) is 4.74 Å². The molecule has 2 unspecified atom stereocenters. The lowest BCUT2D eigenvalue weighted by molar-refractivity contribution is 0.0951. The van der Waals surface area contributed by atoms with Gasteiger partial charge in [0, 0.05) is 6.42 Å². The summed E-state index contributed by atoms with van der Waals surface area (Å²) in [5, 5.41) is 2.92. The summed E-state index contributed by atoms with van der Waals surface area (Å²) < 4.78 is 5.87. The molecule has 1 aromatic rings. The van der Waals surface area contributed by atoms with Gasteiger partial charge >= 0.3 is 0 Å². The van der Waals surface area contributed by atoms with Gasteiger partial charge in [-0.15, -0.1) is 11.3 Å². The van der Waals surface area contributed by atoms with Crippen LogP contribution in [0, 0.1) is 0 Å². The Morgan fingerprint density at radius 3 is 3.00 bits per heavy atom. The van der Waals surface area contributed by atoms with Gasteiger partial charge in [-0.25, -0.2) is 0 Å². The molecule has 2 atom stereocenters. The van der Waals surface area contributed by atoms with E-state index in [0.717, 1.165) is 13.0 Å². The molecule has 1 aromatic heterocycles. The molecule has 0 radical (unpaired) electrons. The fourth-order valence-corrected chi connectivity index (χ4v) is 2.49. The number of ether oxygens (including phenoxy) is 1. The minimum absolute atomic E-state index is 0.0245. The van der Waals surface area contributed by atoms with Crippen LogP contribution >= 0.6 is 22.9 Å². The van der Waals surface area contributed by atoms with Crippen molar-refractivity contribution in [3.05, 3.63) is 21.3 Å². The molecule has 14 heavy (non-hydrogen) atoms. The first-order valence-electron chi connectivity index (χ1n) is 4.40. The van der Waals surface area contributed by atoms with E-state index in [0.29, 0.717) is 9.21 Å². The quantitative estimate of drug-likeness (QED) is 0.784. The van der Waals surface area contributed by atoms with Crippen LogP contribution in [0.5, 0.6) is 0 Å². The molecular weight excluding hydrogens is 222 g/mol. The topological polar surface area (TPSA) is 41.6 Å². The summed E-state index contributed by atoms with van der Waals surface area (Å²) in [5.74, 6) is -0.0423. The van der Waals surface area contributed by atoms with Crippen LogP contribution in [0.25, 0.3) is 0 Å². The third-order valence-corrected chi connectivity index (χ3v) is 3.87. The van der Waals surface area contributed by atoms with Gasteiger partial charge < -0.3 is 10.1 Å². The van der Waals surface area contributed by atoms with Crippen molar-refractivity contribution in [2.45, 2.75) is 18.1 Å². The van der Waals surface area contributed by atoms with Gasteiger partial charge in [-0.1, -0.05) is 11.6 Å². The predicted molar refractivity (Wildman–Crippen MR) is 53.9 cm³/mol. The van der Waals surface area contributed by atoms with Crippen LogP contribution in [0.3, 0.4) is 0 Å². The summed E-state index contributed by atoms with van der Waals surface area (Å²) in [6.45, 7) is 0.795. The van der Waals surface area contributed by atoms with Crippen molar-refractivity contribution in [2.75, 3.05) is 6.61 Å². The lowest BCUT2D eigenvalue weighted by Gasteiger charge is -1.99. The zero-order valence-electron chi connectivity index (χ0n) is 7.25. The van der Waals surface area contributed by atoms with E-state index in [2.05, 4.69) is 5.32 Å². The van der Waals surface area contributed by atoms with Gasteiger partial charge in [0.1, 0.15) is 5.60 Å². The lowest BCUT2D eigenvalue weighted by atomic mass is 10.4. The number of hydrogen-bond acceptors (Lipinski definition) is 3. The molecule has 0 bridgehead atoms. The van der Waals surface area contributed by atoms with E-state index in [1.54, 1.807) is 12.1 Å². The average molecular weight is 230 g/mol. The Balaban J connectivity index is 1.65. The van der Waals surface area contributed by atoms with Gasteiger partial charge in [-0.3, -0.25) is 4.79 Å². The first kappa shape index (κ1) is 8.71. The molecule has 2 aliphatic rings. The Bertz CT molecular complexity index is 399. The molecule has 3 rings (SSSR count). The van der Waals surface area contributed by atoms with E-state index in [9.17, 15) is 4.79 Å². The Kier molecular flexibility index (Phi) is 1.69. The first-order chi connectivity index (χ1) is 6.70. The number of epoxide rings is 1. The second-order valence-corrected chi connectivity index (χ2v) is 5.40. The van der Waals surface area contributed by atoms with E-state index in [1.807, 2.05) is 0 Å². The van der Waals surface area contributed by atoms with Gasteiger partial charge in [0.05, 0.1) is 21.9 Å². The number of nitrogens with one attached hydrogen (secondary N) is 1. The molecule has 1 amide bonds. The molecule has 2 heterocycles. The third-order valence-electron chi connectivity index (χ3n) is 2.64. The number of amides is 1. The first-order valence-corrected chi connectivity index (χ1v) is 5.59. The molecule has 0 aromatic carbocycles. The maximum Gasteiger partial charge on any atom is 0.261 e. The number of hydrogen-bond donors (Lipinski definition) is 1. The van der Waals surface area contributed by atoms with Crippen LogP contribution in [0.1, 0.15) is 16.1 Å². The maximum atomic E-state index is 11.6. The Hall–Kier alpha value is -0.580. The number of carbonyl (C=O) groups excluding carboxylic acids is 1. The Labute approximate surface area is 90.0 Å². The molecule has 1 N–H and O–H groups in total. The van der Waals surface area contributed by atoms with Crippen LogP contribution in [0.15, 0.2) is 12.1 Å². The van der Waals surface area contributed by atoms with Gasteiger partial charge in [-0.2, -0.15) is 0 Å². The molecule has 1 aliphatic heterocycles. The van der Waals surface area contributed by atoms with Crippen LogP contribution in [0.4, 0.5) is 0 Å². The highest BCUT2D eigenvalue weighted by molar-refractivity contribution is 7.17. The summed E-state index contributed by atoms with van der Waals surface area (Å²) in [4.78, 5) is 12.3. The van der Waals surface area contributed by atoms with Crippen molar-refractivity contribution in [3.63, 3.8) is 0 Å². The molecule has 1 spiro atoms. The Morgan fingerprint density at radius 2 is 2.50 bits per heavy atom. The van der Waals surface area contributed by atoms with E-state index in [1.165, 1.54) is 11.3 Å². The molecule has 1 aliphatic carbocycles. The number of rotatable bonds is 2. The summed E-state index contributed by atoms with van der Waals surface area (Å²) in [7, 11) is 0. The van der Waals surface area contributed by atoms with Crippen molar-refractivity contribution in [3.8, 4) is 0 Å². The molecule has 3 nitrogen and oxygen atoms in total. The minimum atomic E-state index is -0.0423. The Morgan fingerprint density at radius 1 is 1.71 bits per heavy atom. The van der Waals surface area contributed by atoms with Gasteiger partial charge in [0.2, 0.25) is 0 Å². The second kappa shape index (κ2) is 2.72. The lowest BCUT2D eigenvalue weighted by Crippen LogP contribution is -2.27. The highest BCUT2D eigenvalue weighted by Gasteiger charge is 2.66. The number of thiophene rings is 1. The van der Waals surface area contributed by atoms with Crippen LogP contribution < -0.4 is 5.32 Å². The molecule has 74 valence electrons. The van der Waals surface area contributed by atoms with Crippen molar-refractivity contribution in [1.29, 1.82) is 0 Å². The normalized spacial score (nSPS) is 33.1. The van der Waals surface area contributed by atoms with Gasteiger partial charge in [0.25, 0.3) is 5.91 Å². The maximum absolute atomic E-state index is 11.6. The average Bonchev–Trinajstić information content (AvgIpc) is 3.01. The highest BCUT2D eigenvalue weighted by atomic mass is 35.5. The highest BCUT2D eigenvalue weighted by Crippen LogP contribution is 2.51. The zero-order chi connectivity index (χ0) is 9.76. The fraction of sp³-hybridized carbons (Fsp3) is 0.444. The summed E-state index contributed by atoms with van der Waals surface area (Å²) >= 11 is 7.04. The van der Waals surface area contributed by atoms with E-state index in [-0.39, 0.29) is 17.6 Å². The van der Waals surface area contributed by atoms with Crippen molar-refractivity contribution < 1.29 is 9.53 Å². The van der Waals surface area contributed by atoms with Crippen LogP contribution in [0.2, 0.25) is 4.34 Å². The van der Waals surface area contributed by atoms with E-state index in [4.69, 9.17) is 16.3 Å². The largest absolute Gasteiger partial charge is 0.367 e. The fourth-order valence-electron chi connectivity index (χ4n) is 1.55. The monoisotopic (exact) mass is 229 g/mol. The number of carbonyl (C=O) groups is 1. The molecule has 5 heteroatoms. The van der Waals surface area contributed by atoms with Crippen LogP contribution in [-0.4, -0.2) is 24.2 Å². The third kappa shape index (κ3) is 1.34. The molecule has 1 saturated heterocycles. The van der Waals surface area contributed by atoms with Gasteiger partial charge in [0.15, 0.2) is 0 Å².